The van der Waals surface area contributed by atoms with Crippen molar-refractivity contribution in [3.63, 3.8) is 0 Å². The number of nitrogens with two attached hydrogens (primary N) is 1. The molecule has 0 radical (unpaired) electrons. The lowest BCUT2D eigenvalue weighted by molar-refractivity contribution is 0.345. The van der Waals surface area contributed by atoms with E-state index in [1.807, 2.05) is 31.2 Å². The van der Waals surface area contributed by atoms with Crippen LogP contribution in [0.4, 0.5) is 17.2 Å². The SMILES string of the molecule is COc1cc(Oc2ccn3ncnc3c2)c(C)cc1Nc1ncnc2cc(OCCCl)c(N)cc12. The Morgan fingerprint density at radius 1 is 1.03 bits per heavy atom. The number of benzene rings is 2. The molecule has 0 atom stereocenters. The lowest BCUT2D eigenvalue weighted by atomic mass is 10.1. The van der Waals surface area contributed by atoms with E-state index in [1.165, 1.54) is 12.7 Å². The Morgan fingerprint density at radius 3 is 2.74 bits per heavy atom. The van der Waals surface area contributed by atoms with Crippen LogP contribution in [0.15, 0.2) is 55.2 Å². The van der Waals surface area contributed by atoms with E-state index in [1.54, 1.807) is 30.0 Å². The molecule has 0 aliphatic carbocycles. The summed E-state index contributed by atoms with van der Waals surface area (Å²) in [6.07, 6.45) is 4.76. The van der Waals surface area contributed by atoms with Crippen LogP contribution in [-0.2, 0) is 0 Å². The molecular formula is C24H22ClN7O3. The number of rotatable bonds is 8. The number of fused-ring (bicyclic) bond motifs is 2. The van der Waals surface area contributed by atoms with Gasteiger partial charge in [-0.05, 0) is 30.7 Å². The van der Waals surface area contributed by atoms with Gasteiger partial charge in [0.05, 0.1) is 29.9 Å². The van der Waals surface area contributed by atoms with Crippen LogP contribution < -0.4 is 25.3 Å². The van der Waals surface area contributed by atoms with Crippen molar-refractivity contribution < 1.29 is 14.2 Å². The van der Waals surface area contributed by atoms with Crippen LogP contribution in [0, 0.1) is 6.92 Å². The number of alkyl halides is 1. The second kappa shape index (κ2) is 9.51. The van der Waals surface area contributed by atoms with Crippen molar-refractivity contribution in [1.29, 1.82) is 0 Å². The summed E-state index contributed by atoms with van der Waals surface area (Å²) in [6, 6.07) is 10.9. The maximum absolute atomic E-state index is 6.19. The molecule has 5 rings (SSSR count). The predicted molar refractivity (Wildman–Crippen MR) is 134 cm³/mol. The quantitative estimate of drug-likeness (QED) is 0.234. The van der Waals surface area contributed by atoms with E-state index in [4.69, 9.17) is 31.5 Å². The van der Waals surface area contributed by atoms with Crippen molar-refractivity contribution in [3.8, 4) is 23.0 Å². The molecule has 0 saturated carbocycles. The predicted octanol–water partition coefficient (Wildman–Crippen LogP) is 4.73. The highest BCUT2D eigenvalue weighted by atomic mass is 35.5. The maximum atomic E-state index is 6.19. The molecule has 0 bridgehead atoms. The van der Waals surface area contributed by atoms with E-state index in [0.29, 0.717) is 63.8 Å². The van der Waals surface area contributed by atoms with Gasteiger partial charge in [0.25, 0.3) is 0 Å². The first-order valence-electron chi connectivity index (χ1n) is 10.7. The molecule has 3 heterocycles. The van der Waals surface area contributed by atoms with Gasteiger partial charge in [-0.15, -0.1) is 11.6 Å². The third-order valence-corrected chi connectivity index (χ3v) is 5.49. The number of aryl methyl sites for hydroxylation is 1. The van der Waals surface area contributed by atoms with E-state index in [9.17, 15) is 0 Å². The molecule has 2 aromatic carbocycles. The summed E-state index contributed by atoms with van der Waals surface area (Å²) in [7, 11) is 1.60. The van der Waals surface area contributed by atoms with Crippen LogP contribution in [0.2, 0.25) is 0 Å². The van der Waals surface area contributed by atoms with Crippen molar-refractivity contribution in [2.45, 2.75) is 6.92 Å². The van der Waals surface area contributed by atoms with Crippen LogP contribution in [-0.4, -0.2) is 44.2 Å². The third kappa shape index (κ3) is 4.56. The first-order valence-corrected chi connectivity index (χ1v) is 11.2. The smallest absolute Gasteiger partial charge is 0.158 e. The summed E-state index contributed by atoms with van der Waals surface area (Å²) < 4.78 is 19.0. The van der Waals surface area contributed by atoms with Gasteiger partial charge in [0.2, 0.25) is 0 Å². The first-order chi connectivity index (χ1) is 17.1. The molecular weight excluding hydrogens is 470 g/mol. The molecule has 10 nitrogen and oxygen atoms in total. The number of methoxy groups -OCH3 is 1. The second-order valence-electron chi connectivity index (χ2n) is 7.64. The highest BCUT2D eigenvalue weighted by Gasteiger charge is 2.14. The van der Waals surface area contributed by atoms with E-state index < -0.39 is 0 Å². The molecule has 0 fully saturated rings. The molecule has 0 saturated heterocycles. The number of nitrogens with zero attached hydrogens (tertiary/aromatic N) is 5. The van der Waals surface area contributed by atoms with Gasteiger partial charge in [0.15, 0.2) is 5.65 Å². The highest BCUT2D eigenvalue weighted by Crippen LogP contribution is 2.38. The number of aromatic nitrogens is 5. The Kier molecular flexibility index (Phi) is 6.11. The Balaban J connectivity index is 1.46. The standard InChI is InChI=1S/C24H22ClN7O3/c1-14-7-19(22(33-2)11-20(14)35-15-3-5-32-23(8-15)28-13-30-32)31-24-16-9-17(26)21(34-6-4-25)10-18(16)27-12-29-24/h3,5,7-13H,4,6,26H2,1-2H3,(H,27,29,31). The van der Waals surface area contributed by atoms with Crippen molar-refractivity contribution >= 4 is 45.3 Å². The van der Waals surface area contributed by atoms with Crippen molar-refractivity contribution in [3.05, 3.63) is 60.8 Å². The lowest BCUT2D eigenvalue weighted by Gasteiger charge is -2.16. The molecule has 0 aliphatic heterocycles. The summed E-state index contributed by atoms with van der Waals surface area (Å²) in [6.45, 7) is 2.30. The van der Waals surface area contributed by atoms with E-state index in [0.717, 1.165) is 10.9 Å². The van der Waals surface area contributed by atoms with E-state index >= 15 is 0 Å². The Hall–Kier alpha value is -4.31. The zero-order valence-corrected chi connectivity index (χ0v) is 19.8. The molecule has 35 heavy (non-hydrogen) atoms. The topological polar surface area (TPSA) is 122 Å². The van der Waals surface area contributed by atoms with Gasteiger partial charge >= 0.3 is 0 Å². The van der Waals surface area contributed by atoms with Gasteiger partial charge in [-0.3, -0.25) is 0 Å². The highest BCUT2D eigenvalue weighted by molar-refractivity contribution is 6.18. The molecule has 0 amide bonds. The van der Waals surface area contributed by atoms with E-state index in [2.05, 4.69) is 25.4 Å². The minimum Gasteiger partial charge on any atom is -0.494 e. The minimum atomic E-state index is 0.352. The minimum absolute atomic E-state index is 0.352. The number of halogens is 1. The number of anilines is 3. The number of hydrogen-bond acceptors (Lipinski definition) is 9. The zero-order chi connectivity index (χ0) is 24.4. The summed E-state index contributed by atoms with van der Waals surface area (Å²) in [5.41, 5.74) is 9.64. The first kappa shape index (κ1) is 22.5. The Labute approximate surface area is 205 Å². The van der Waals surface area contributed by atoms with Crippen molar-refractivity contribution in [2.75, 3.05) is 30.6 Å². The molecule has 3 N–H and O–H groups in total. The average molecular weight is 492 g/mol. The van der Waals surface area contributed by atoms with Gasteiger partial charge < -0.3 is 25.3 Å². The molecule has 0 spiro atoms. The Morgan fingerprint density at radius 2 is 1.91 bits per heavy atom. The summed E-state index contributed by atoms with van der Waals surface area (Å²) in [5, 5.41) is 8.18. The van der Waals surface area contributed by atoms with Crippen LogP contribution in [0.25, 0.3) is 16.6 Å². The summed E-state index contributed by atoms with van der Waals surface area (Å²) in [4.78, 5) is 13.0. The molecule has 178 valence electrons. The van der Waals surface area contributed by atoms with Crippen LogP contribution in [0.5, 0.6) is 23.0 Å². The third-order valence-electron chi connectivity index (χ3n) is 5.33. The fraction of sp³-hybridized carbons (Fsp3) is 0.167. The fourth-order valence-electron chi connectivity index (χ4n) is 3.63. The number of pyridine rings is 1. The number of ether oxygens (including phenoxy) is 3. The van der Waals surface area contributed by atoms with Crippen molar-refractivity contribution in [2.24, 2.45) is 0 Å². The largest absolute Gasteiger partial charge is 0.494 e. The van der Waals surface area contributed by atoms with Crippen molar-refractivity contribution in [1.82, 2.24) is 24.6 Å². The lowest BCUT2D eigenvalue weighted by Crippen LogP contribution is -2.03. The number of hydrogen-bond donors (Lipinski definition) is 2. The Bertz CT molecular complexity index is 1520. The van der Waals surface area contributed by atoms with Gasteiger partial charge in [-0.2, -0.15) is 5.10 Å². The maximum Gasteiger partial charge on any atom is 0.158 e. The van der Waals surface area contributed by atoms with Crippen LogP contribution >= 0.6 is 11.6 Å². The number of nitrogen functional groups attached to an aromatic ring is 1. The summed E-state index contributed by atoms with van der Waals surface area (Å²) in [5.74, 6) is 3.34. The number of nitrogens with one attached hydrogen (secondary N) is 1. The summed E-state index contributed by atoms with van der Waals surface area (Å²) >= 11 is 5.73. The zero-order valence-electron chi connectivity index (χ0n) is 19.0. The van der Waals surface area contributed by atoms with E-state index in [-0.39, 0.29) is 0 Å². The molecule has 11 heteroatoms. The molecule has 3 aromatic heterocycles. The fourth-order valence-corrected chi connectivity index (χ4v) is 3.71. The van der Waals surface area contributed by atoms with Gasteiger partial charge in [-0.25, -0.2) is 19.5 Å². The van der Waals surface area contributed by atoms with Crippen LogP contribution in [0.1, 0.15) is 5.56 Å². The molecule has 0 unspecified atom stereocenters. The molecule has 5 aromatic rings. The van der Waals surface area contributed by atoms with Gasteiger partial charge in [0, 0.05) is 29.8 Å². The van der Waals surface area contributed by atoms with Gasteiger partial charge in [0.1, 0.15) is 48.1 Å². The van der Waals surface area contributed by atoms with Crippen LogP contribution in [0.3, 0.4) is 0 Å². The van der Waals surface area contributed by atoms with Gasteiger partial charge in [-0.1, -0.05) is 0 Å². The molecule has 0 aliphatic rings. The second-order valence-corrected chi connectivity index (χ2v) is 8.02. The normalized spacial score (nSPS) is 11.1. The average Bonchev–Trinajstić information content (AvgIpc) is 3.33. The monoisotopic (exact) mass is 491 g/mol.